The Kier molecular flexibility index (Phi) is 3.35. The summed E-state index contributed by atoms with van der Waals surface area (Å²) in [4.78, 5) is 4.29. The summed E-state index contributed by atoms with van der Waals surface area (Å²) in [5, 5.41) is 1.09. The van der Waals surface area contributed by atoms with E-state index < -0.39 is 0 Å². The molecule has 0 N–H and O–H groups in total. The average Bonchev–Trinajstić information content (AvgIpc) is 2.05. The zero-order valence-corrected chi connectivity index (χ0v) is 8.32. The zero-order chi connectivity index (χ0) is 8.97. The molecule has 1 aromatic rings. The number of thioether (sulfide) groups is 1. The fourth-order valence-corrected chi connectivity index (χ4v) is 1.77. The maximum absolute atomic E-state index is 4.29. The Labute approximate surface area is 77.9 Å². The van der Waals surface area contributed by atoms with Crippen molar-refractivity contribution in [3.63, 3.8) is 0 Å². The van der Waals surface area contributed by atoms with E-state index in [0.717, 1.165) is 16.4 Å². The van der Waals surface area contributed by atoms with Crippen LogP contribution in [0.1, 0.15) is 19.4 Å². The molecule has 12 heavy (non-hydrogen) atoms. The molecule has 0 aliphatic rings. The molecule has 0 saturated heterocycles. The molecule has 2 heteroatoms. The van der Waals surface area contributed by atoms with Gasteiger partial charge < -0.3 is 0 Å². The first-order valence-corrected chi connectivity index (χ1v) is 4.98. The third-order valence-electron chi connectivity index (χ3n) is 1.51. The van der Waals surface area contributed by atoms with Gasteiger partial charge in [-0.3, -0.25) is 0 Å². The van der Waals surface area contributed by atoms with Crippen LogP contribution in [0.4, 0.5) is 0 Å². The van der Waals surface area contributed by atoms with E-state index in [2.05, 4.69) is 24.6 Å². The van der Waals surface area contributed by atoms with Crippen molar-refractivity contribution in [3.8, 4) is 0 Å². The minimum atomic E-state index is 1.05. The topological polar surface area (TPSA) is 12.9 Å². The Balaban J connectivity index is 3.00. The molecular weight excluding hydrogens is 166 g/mol. The Morgan fingerprint density at radius 3 is 3.00 bits per heavy atom. The lowest BCUT2D eigenvalue weighted by molar-refractivity contribution is 1.11. The number of hydrogen-bond donors (Lipinski definition) is 0. The highest BCUT2D eigenvalue weighted by molar-refractivity contribution is 7.99. The summed E-state index contributed by atoms with van der Waals surface area (Å²) in [5.41, 5.74) is 2.25. The maximum atomic E-state index is 4.29. The Morgan fingerprint density at radius 2 is 2.42 bits per heavy atom. The molecule has 1 aromatic heterocycles. The van der Waals surface area contributed by atoms with Crippen molar-refractivity contribution < 1.29 is 0 Å². The lowest BCUT2D eigenvalue weighted by Gasteiger charge is -2.04. The Bertz CT molecular complexity index is 281. The number of pyridine rings is 1. The molecule has 0 aliphatic heterocycles. The summed E-state index contributed by atoms with van der Waals surface area (Å²) in [7, 11) is 0. The van der Waals surface area contributed by atoms with Gasteiger partial charge in [0.25, 0.3) is 0 Å². The van der Waals surface area contributed by atoms with E-state index in [-0.39, 0.29) is 0 Å². The van der Waals surface area contributed by atoms with Gasteiger partial charge in [0.05, 0.1) is 0 Å². The lowest BCUT2D eigenvalue weighted by Crippen LogP contribution is -1.87. The summed E-state index contributed by atoms with van der Waals surface area (Å²) < 4.78 is 0. The van der Waals surface area contributed by atoms with Gasteiger partial charge >= 0.3 is 0 Å². The third-order valence-corrected chi connectivity index (χ3v) is 2.40. The smallest absolute Gasteiger partial charge is 0.103 e. The van der Waals surface area contributed by atoms with Crippen LogP contribution >= 0.6 is 11.8 Å². The van der Waals surface area contributed by atoms with Crippen LogP contribution in [0.15, 0.2) is 29.9 Å². The summed E-state index contributed by atoms with van der Waals surface area (Å²) in [6.07, 6.45) is 1.82. The van der Waals surface area contributed by atoms with Gasteiger partial charge in [-0.25, -0.2) is 4.98 Å². The minimum Gasteiger partial charge on any atom is -0.249 e. The SMILES string of the molecule is C=C(C)c1cccnc1SCC. The molecule has 0 bridgehead atoms. The standard InChI is InChI=1S/C10H13NS/c1-4-12-10-9(8(2)3)6-5-7-11-10/h5-7H,2,4H2,1,3H3. The molecule has 0 amide bonds. The molecule has 0 aromatic carbocycles. The van der Waals surface area contributed by atoms with Gasteiger partial charge in [0.2, 0.25) is 0 Å². The van der Waals surface area contributed by atoms with Gasteiger partial charge in [0, 0.05) is 11.8 Å². The molecule has 0 fully saturated rings. The van der Waals surface area contributed by atoms with Crippen molar-refractivity contribution in [2.45, 2.75) is 18.9 Å². The number of aromatic nitrogens is 1. The van der Waals surface area contributed by atoms with Gasteiger partial charge in [-0.05, 0) is 24.3 Å². The van der Waals surface area contributed by atoms with Crippen LogP contribution in [-0.2, 0) is 0 Å². The predicted molar refractivity (Wildman–Crippen MR) is 55.3 cm³/mol. The van der Waals surface area contributed by atoms with Crippen molar-refractivity contribution in [1.82, 2.24) is 4.98 Å². The van der Waals surface area contributed by atoms with E-state index in [4.69, 9.17) is 0 Å². The van der Waals surface area contributed by atoms with Crippen molar-refractivity contribution in [2.24, 2.45) is 0 Å². The van der Waals surface area contributed by atoms with E-state index in [1.165, 1.54) is 5.56 Å². The fourth-order valence-electron chi connectivity index (χ4n) is 0.967. The van der Waals surface area contributed by atoms with E-state index in [1.54, 1.807) is 11.8 Å². The maximum Gasteiger partial charge on any atom is 0.103 e. The first-order chi connectivity index (χ1) is 5.75. The van der Waals surface area contributed by atoms with Crippen molar-refractivity contribution in [2.75, 3.05) is 5.75 Å². The van der Waals surface area contributed by atoms with Crippen molar-refractivity contribution >= 4 is 17.3 Å². The molecule has 1 heterocycles. The first-order valence-electron chi connectivity index (χ1n) is 3.99. The second-order valence-electron chi connectivity index (χ2n) is 2.57. The number of allylic oxidation sites excluding steroid dienone is 1. The zero-order valence-electron chi connectivity index (χ0n) is 7.50. The molecule has 0 radical (unpaired) electrons. The molecule has 0 unspecified atom stereocenters. The molecule has 0 atom stereocenters. The monoisotopic (exact) mass is 179 g/mol. The van der Waals surface area contributed by atoms with Crippen LogP contribution < -0.4 is 0 Å². The molecule has 0 saturated carbocycles. The summed E-state index contributed by atoms with van der Waals surface area (Å²) in [6, 6.07) is 4.01. The molecule has 64 valence electrons. The minimum absolute atomic E-state index is 1.05. The quantitative estimate of drug-likeness (QED) is 0.661. The van der Waals surface area contributed by atoms with Gasteiger partial charge in [-0.2, -0.15) is 0 Å². The van der Waals surface area contributed by atoms with Crippen LogP contribution in [-0.4, -0.2) is 10.7 Å². The molecule has 1 rings (SSSR count). The largest absolute Gasteiger partial charge is 0.249 e. The van der Waals surface area contributed by atoms with Gasteiger partial charge in [0.1, 0.15) is 5.03 Å². The summed E-state index contributed by atoms with van der Waals surface area (Å²) in [6.45, 7) is 8.05. The highest BCUT2D eigenvalue weighted by Gasteiger charge is 2.01. The average molecular weight is 179 g/mol. The van der Waals surface area contributed by atoms with Crippen LogP contribution in [0.5, 0.6) is 0 Å². The lowest BCUT2D eigenvalue weighted by atomic mass is 10.2. The van der Waals surface area contributed by atoms with E-state index >= 15 is 0 Å². The summed E-state index contributed by atoms with van der Waals surface area (Å²) in [5.74, 6) is 1.05. The fraction of sp³-hybridized carbons (Fsp3) is 0.300. The van der Waals surface area contributed by atoms with Crippen molar-refractivity contribution in [3.05, 3.63) is 30.5 Å². The second kappa shape index (κ2) is 4.31. The highest BCUT2D eigenvalue weighted by Crippen LogP contribution is 2.24. The Hall–Kier alpha value is -0.760. The van der Waals surface area contributed by atoms with Crippen molar-refractivity contribution in [1.29, 1.82) is 0 Å². The number of nitrogens with zero attached hydrogens (tertiary/aromatic N) is 1. The summed E-state index contributed by atoms with van der Waals surface area (Å²) >= 11 is 1.76. The normalized spacial score (nSPS) is 9.83. The Morgan fingerprint density at radius 1 is 1.67 bits per heavy atom. The number of rotatable bonds is 3. The van der Waals surface area contributed by atoms with Gasteiger partial charge in [-0.15, -0.1) is 11.8 Å². The van der Waals surface area contributed by atoms with Gasteiger partial charge in [0.15, 0.2) is 0 Å². The molecule has 1 nitrogen and oxygen atoms in total. The van der Waals surface area contributed by atoms with Gasteiger partial charge in [-0.1, -0.05) is 19.6 Å². The molecule has 0 aliphatic carbocycles. The molecular formula is C10H13NS. The van der Waals surface area contributed by atoms with Crippen LogP contribution in [0.25, 0.3) is 5.57 Å². The second-order valence-corrected chi connectivity index (χ2v) is 3.82. The highest BCUT2D eigenvalue weighted by atomic mass is 32.2. The van der Waals surface area contributed by atoms with E-state index in [9.17, 15) is 0 Å². The van der Waals surface area contributed by atoms with Crippen LogP contribution in [0, 0.1) is 0 Å². The predicted octanol–water partition coefficient (Wildman–Crippen LogP) is 3.23. The molecule has 0 spiro atoms. The first kappa shape index (κ1) is 9.33. The number of hydrogen-bond acceptors (Lipinski definition) is 2. The third kappa shape index (κ3) is 2.11. The van der Waals surface area contributed by atoms with E-state index in [0.29, 0.717) is 0 Å². The van der Waals surface area contributed by atoms with E-state index in [1.807, 2.05) is 19.2 Å². The van der Waals surface area contributed by atoms with Crippen LogP contribution in [0.3, 0.4) is 0 Å². The van der Waals surface area contributed by atoms with Crippen LogP contribution in [0.2, 0.25) is 0 Å².